The Morgan fingerprint density at radius 1 is 1.32 bits per heavy atom. The third-order valence-electron chi connectivity index (χ3n) is 4.58. The van der Waals surface area contributed by atoms with E-state index in [0.29, 0.717) is 0 Å². The minimum atomic E-state index is -1.83. The number of guanidine groups is 1. The third kappa shape index (κ3) is 10.00. The number of ether oxygens (including phenoxy) is 1. The Kier molecular flexibility index (Phi) is 11.7. The van der Waals surface area contributed by atoms with E-state index in [-0.39, 0.29) is 43.0 Å². The first kappa shape index (κ1) is 28.6. The molecule has 0 saturated carbocycles. The van der Waals surface area contributed by atoms with Gasteiger partial charge in [-0.15, -0.1) is 0 Å². The number of aliphatic imine (C=N–C) groups is 1. The Morgan fingerprint density at radius 3 is 2.56 bits per heavy atom. The van der Waals surface area contributed by atoms with Crippen molar-refractivity contribution >= 4 is 24.9 Å². The molecule has 0 aliphatic carbocycles. The molecule has 0 bridgehead atoms. The lowest BCUT2D eigenvalue weighted by molar-refractivity contribution is -0.525. The molecule has 0 radical (unpaired) electrons. The van der Waals surface area contributed by atoms with Crippen LogP contribution in [0.3, 0.4) is 0 Å². The van der Waals surface area contributed by atoms with Gasteiger partial charge in [-0.25, -0.2) is 19.5 Å². The highest BCUT2D eigenvalue weighted by atomic mass is 19.1. The van der Waals surface area contributed by atoms with E-state index in [2.05, 4.69) is 15.6 Å². The van der Waals surface area contributed by atoms with Crippen molar-refractivity contribution in [3.8, 4) is 5.75 Å². The van der Waals surface area contributed by atoms with Gasteiger partial charge in [0.2, 0.25) is 5.91 Å². The number of hydrogen-bond donors (Lipinski definition) is 6. The molecule has 2 amide bonds. The molecule has 7 N–H and O–H groups in total. The summed E-state index contributed by atoms with van der Waals surface area (Å²) in [5, 5.41) is 33.7. The van der Waals surface area contributed by atoms with E-state index in [4.69, 9.17) is 10.5 Å². The van der Waals surface area contributed by atoms with Crippen LogP contribution in [0, 0.1) is 21.8 Å². The first-order chi connectivity index (χ1) is 15.9. The Balaban J connectivity index is 3.02. The van der Waals surface area contributed by atoms with E-state index in [9.17, 15) is 34.1 Å². The highest BCUT2D eigenvalue weighted by Crippen LogP contribution is 2.19. The van der Waals surface area contributed by atoms with Crippen LogP contribution in [0.15, 0.2) is 23.2 Å². The number of carbonyl (C=O) groups is 2. The predicted octanol–water partition coefficient (Wildman–Crippen LogP) is -0.648. The SMILES string of the molecule is COc1ccc(F)cc1C(=O)N[C@@H](CCCN=C(N)N[N+](=O)[O-])C(=O)N[C@@H](CC(C)C)B(O)O. The van der Waals surface area contributed by atoms with Gasteiger partial charge < -0.3 is 31.2 Å². The maximum atomic E-state index is 13.7. The first-order valence-electron chi connectivity index (χ1n) is 10.5. The second kappa shape index (κ2) is 13.9. The van der Waals surface area contributed by atoms with Crippen molar-refractivity contribution in [2.75, 3.05) is 13.7 Å². The van der Waals surface area contributed by atoms with Crippen molar-refractivity contribution in [3.63, 3.8) is 0 Å². The molecule has 13 nitrogen and oxygen atoms in total. The molecule has 34 heavy (non-hydrogen) atoms. The van der Waals surface area contributed by atoms with Crippen LogP contribution in [0.2, 0.25) is 0 Å². The molecule has 1 aromatic carbocycles. The van der Waals surface area contributed by atoms with Crippen LogP contribution in [0.5, 0.6) is 5.75 Å². The summed E-state index contributed by atoms with van der Waals surface area (Å²) in [6, 6.07) is 2.16. The zero-order chi connectivity index (χ0) is 25.8. The zero-order valence-corrected chi connectivity index (χ0v) is 19.2. The highest BCUT2D eigenvalue weighted by Gasteiger charge is 2.30. The molecule has 0 heterocycles. The number of rotatable bonds is 13. The zero-order valence-electron chi connectivity index (χ0n) is 19.2. The molecule has 0 aliphatic heterocycles. The second-order valence-corrected chi connectivity index (χ2v) is 7.81. The number of nitrogens with zero attached hydrogens (tertiary/aromatic N) is 2. The summed E-state index contributed by atoms with van der Waals surface area (Å²) in [6.45, 7) is 3.66. The van der Waals surface area contributed by atoms with E-state index in [1.165, 1.54) is 13.2 Å². The molecule has 1 rings (SSSR count). The van der Waals surface area contributed by atoms with Crippen LogP contribution < -0.4 is 26.5 Å². The van der Waals surface area contributed by atoms with E-state index >= 15 is 0 Å². The molecule has 0 unspecified atom stereocenters. The fourth-order valence-corrected chi connectivity index (χ4v) is 3.03. The summed E-state index contributed by atoms with van der Waals surface area (Å²) in [4.78, 5) is 39.8. The number of nitrogens with one attached hydrogen (secondary N) is 3. The topological polar surface area (TPSA) is 201 Å². The summed E-state index contributed by atoms with van der Waals surface area (Å²) in [5.74, 6) is -3.49. The van der Waals surface area contributed by atoms with Crippen molar-refractivity contribution in [2.24, 2.45) is 16.6 Å². The molecule has 2 atom stereocenters. The minimum Gasteiger partial charge on any atom is -0.496 e. The molecule has 0 saturated heterocycles. The predicted molar refractivity (Wildman–Crippen MR) is 122 cm³/mol. The Bertz CT molecular complexity index is 887. The maximum absolute atomic E-state index is 13.7. The molecular formula is C19H30BFN6O7. The first-order valence-corrected chi connectivity index (χ1v) is 10.5. The van der Waals surface area contributed by atoms with Gasteiger partial charge in [0.15, 0.2) is 5.03 Å². The van der Waals surface area contributed by atoms with Gasteiger partial charge in [0.25, 0.3) is 11.9 Å². The van der Waals surface area contributed by atoms with Crippen LogP contribution >= 0.6 is 0 Å². The number of methoxy groups -OCH3 is 1. The maximum Gasteiger partial charge on any atom is 0.475 e. The van der Waals surface area contributed by atoms with Crippen LogP contribution in [-0.2, 0) is 4.79 Å². The number of amides is 2. The fraction of sp³-hybridized carbons (Fsp3) is 0.526. The number of hydrogen-bond acceptors (Lipinski definition) is 8. The second-order valence-electron chi connectivity index (χ2n) is 7.81. The summed E-state index contributed by atoms with van der Waals surface area (Å²) in [7, 11) is -0.530. The Labute approximate surface area is 196 Å². The summed E-state index contributed by atoms with van der Waals surface area (Å²) in [6.07, 6.45) is 0.449. The lowest BCUT2D eigenvalue weighted by atomic mass is 9.75. The Morgan fingerprint density at radius 2 is 2.00 bits per heavy atom. The van der Waals surface area contributed by atoms with Crippen LogP contribution in [0.1, 0.15) is 43.5 Å². The molecule has 188 valence electrons. The number of nitro groups is 1. The minimum absolute atomic E-state index is 0.00629. The molecular weight excluding hydrogens is 454 g/mol. The van der Waals surface area contributed by atoms with Gasteiger partial charge in [0.05, 0.1) is 18.6 Å². The van der Waals surface area contributed by atoms with Crippen LogP contribution in [0.25, 0.3) is 0 Å². The molecule has 0 fully saturated rings. The highest BCUT2D eigenvalue weighted by molar-refractivity contribution is 6.43. The van der Waals surface area contributed by atoms with E-state index in [1.807, 2.05) is 13.8 Å². The lowest BCUT2D eigenvalue weighted by Gasteiger charge is -2.24. The van der Waals surface area contributed by atoms with Gasteiger partial charge >= 0.3 is 7.12 Å². The standard InChI is InChI=1S/C19H30BFN6O7/c1-11(2)9-16(20(30)31)25-18(29)14(5-4-8-23-19(22)26-27(32)33)24-17(28)13-10-12(21)6-7-15(13)34-3/h6-7,10-11,14,16,30-31H,4-5,8-9H2,1-3H3,(H,24,28)(H,25,29)(H3,22,23,26)/t14-,16-/m0/s1. The van der Waals surface area contributed by atoms with Crippen molar-refractivity contribution in [3.05, 3.63) is 39.7 Å². The average Bonchev–Trinajstić information content (AvgIpc) is 2.74. The van der Waals surface area contributed by atoms with Crippen LogP contribution in [0.4, 0.5) is 4.39 Å². The molecule has 0 aliphatic rings. The van der Waals surface area contributed by atoms with Gasteiger partial charge in [-0.05, 0) is 43.4 Å². The average molecular weight is 484 g/mol. The van der Waals surface area contributed by atoms with E-state index in [1.54, 1.807) is 5.43 Å². The van der Waals surface area contributed by atoms with E-state index in [0.717, 1.165) is 12.1 Å². The molecule has 0 aromatic heterocycles. The summed E-state index contributed by atoms with van der Waals surface area (Å²) >= 11 is 0. The number of carbonyl (C=O) groups excluding carboxylic acids is 2. The Hall–Kier alpha value is -3.46. The monoisotopic (exact) mass is 484 g/mol. The van der Waals surface area contributed by atoms with Crippen molar-refractivity contribution < 1.29 is 33.8 Å². The molecule has 0 spiro atoms. The van der Waals surface area contributed by atoms with Crippen molar-refractivity contribution in [2.45, 2.75) is 45.1 Å². The fourth-order valence-electron chi connectivity index (χ4n) is 3.03. The van der Waals surface area contributed by atoms with Crippen molar-refractivity contribution in [1.82, 2.24) is 16.1 Å². The summed E-state index contributed by atoms with van der Waals surface area (Å²) in [5.41, 5.74) is 6.88. The van der Waals surface area contributed by atoms with Gasteiger partial charge in [-0.1, -0.05) is 19.3 Å². The van der Waals surface area contributed by atoms with Crippen molar-refractivity contribution in [1.29, 1.82) is 0 Å². The van der Waals surface area contributed by atoms with Crippen LogP contribution in [-0.4, -0.2) is 65.6 Å². The number of nitrogens with two attached hydrogens (primary N) is 1. The molecule has 1 aromatic rings. The van der Waals surface area contributed by atoms with Gasteiger partial charge in [-0.3, -0.25) is 9.59 Å². The number of hydrazine groups is 1. The molecule has 15 heteroatoms. The quantitative estimate of drug-likeness (QED) is 0.0525. The van der Waals surface area contributed by atoms with Gasteiger partial charge in [0.1, 0.15) is 17.6 Å². The van der Waals surface area contributed by atoms with Gasteiger partial charge in [-0.2, -0.15) is 0 Å². The summed E-state index contributed by atoms with van der Waals surface area (Å²) < 4.78 is 18.8. The number of benzene rings is 1. The largest absolute Gasteiger partial charge is 0.496 e. The third-order valence-corrected chi connectivity index (χ3v) is 4.58. The number of halogens is 1. The smallest absolute Gasteiger partial charge is 0.475 e. The normalized spacial score (nSPS) is 13.1. The van der Waals surface area contributed by atoms with E-state index < -0.39 is 47.7 Å². The lowest BCUT2D eigenvalue weighted by Crippen LogP contribution is -2.54. The van der Waals surface area contributed by atoms with Gasteiger partial charge in [0, 0.05) is 6.54 Å².